The second-order valence-corrected chi connectivity index (χ2v) is 2.64. The number of hydrogen-bond acceptors (Lipinski definition) is 1. The van der Waals surface area contributed by atoms with E-state index in [0.717, 1.165) is 10.6 Å². The zero-order chi connectivity index (χ0) is 18.8. The van der Waals surface area contributed by atoms with Crippen LogP contribution in [0.1, 0.15) is 5.56 Å². The topological polar surface area (TPSA) is 109 Å². The summed E-state index contributed by atoms with van der Waals surface area (Å²) in [6.07, 6.45) is 3.60. The van der Waals surface area contributed by atoms with Crippen LogP contribution in [0.4, 0.5) is 0 Å². The van der Waals surface area contributed by atoms with Crippen LogP contribution in [0, 0.1) is 39.9 Å². The number of rotatable bonds is 3. The van der Waals surface area contributed by atoms with Gasteiger partial charge in [0.25, 0.3) is 0 Å². The van der Waals surface area contributed by atoms with Gasteiger partial charge < -0.3 is 4.74 Å². The minimum absolute atomic E-state index is 0. The summed E-state index contributed by atoms with van der Waals surface area (Å²) >= 11 is 5.71. The predicted octanol–water partition coefficient (Wildman–Crippen LogP) is 2.85. The Kier molecular flexibility index (Phi) is 81.5. The molecule has 6 nitrogen and oxygen atoms in total. The van der Waals surface area contributed by atoms with Crippen molar-refractivity contribution < 1.29 is 45.4 Å². The average Bonchev–Trinajstić information content (AvgIpc) is 2.65. The minimum atomic E-state index is 0. The molecule has 0 bridgehead atoms. The Hall–Kier alpha value is -1.56. The van der Waals surface area contributed by atoms with E-state index in [0.29, 0.717) is 0 Å². The molecule has 0 saturated heterocycles. The van der Waals surface area contributed by atoms with Gasteiger partial charge >= 0.3 is 56.5 Å². The van der Waals surface area contributed by atoms with E-state index in [4.69, 9.17) is 34.9 Å². The molecule has 0 N–H and O–H groups in total. The third kappa shape index (κ3) is 38.5. The molecule has 0 spiro atoms. The number of ether oxygens (including phenoxy) is 1. The molecule has 1 aromatic rings. The molecule has 0 heterocycles. The Bertz CT molecular complexity index is 411. The monoisotopic (exact) mass is 372 g/mol. The molecule has 0 aromatic heterocycles. The van der Waals surface area contributed by atoms with E-state index in [9.17, 15) is 0 Å². The summed E-state index contributed by atoms with van der Waals surface area (Å²) in [4.78, 5) is 0. The van der Waals surface area contributed by atoms with Crippen molar-refractivity contribution in [2.45, 2.75) is 0 Å². The van der Waals surface area contributed by atoms with Crippen molar-refractivity contribution in [1.82, 2.24) is 0 Å². The van der Waals surface area contributed by atoms with Gasteiger partial charge in [0.05, 0.1) is 0 Å². The Morgan fingerprint density at radius 1 is 0.870 bits per heavy atom. The van der Waals surface area contributed by atoms with Gasteiger partial charge in [-0.2, -0.15) is 0 Å². The smallest absolute Gasteiger partial charge is 0 e. The van der Waals surface area contributed by atoms with Gasteiger partial charge in [-0.25, -0.2) is 0 Å². The van der Waals surface area contributed by atoms with Gasteiger partial charge in [-0.1, -0.05) is 29.8 Å². The van der Waals surface area contributed by atoms with Crippen LogP contribution < -0.4 is 0 Å². The van der Waals surface area contributed by atoms with Crippen molar-refractivity contribution in [2.75, 3.05) is 7.11 Å². The summed E-state index contributed by atoms with van der Waals surface area (Å²) in [5.41, 5.74) is 1.07. The fourth-order valence-corrected chi connectivity index (χ4v) is 0.898. The third-order valence-corrected chi connectivity index (χ3v) is 1.58. The number of halogens is 1. The summed E-state index contributed by atoms with van der Waals surface area (Å²) in [5, 5.41) is 0.742. The van der Waals surface area contributed by atoms with E-state index in [1.807, 2.05) is 30.3 Å². The maximum Gasteiger partial charge on any atom is 0 e. The van der Waals surface area contributed by atoms with Crippen molar-refractivity contribution in [3.63, 3.8) is 0 Å². The van der Waals surface area contributed by atoms with Gasteiger partial charge in [0, 0.05) is 29.5 Å². The fourth-order valence-electron chi connectivity index (χ4n) is 0.772. The normalized spacial score (nSPS) is 6.09. The second kappa shape index (κ2) is 49.9. The van der Waals surface area contributed by atoms with Gasteiger partial charge in [-0.15, -0.1) is 0 Å². The fraction of sp³-hybridized carbons (Fsp3) is 0.0667. The summed E-state index contributed by atoms with van der Waals surface area (Å²) in [6, 6.07) is 7.54. The Morgan fingerprint density at radius 2 is 1.22 bits per heavy atom. The van der Waals surface area contributed by atoms with E-state index in [1.165, 1.54) is 0 Å². The number of benzene rings is 1. The number of hydrogen-bond donors (Lipinski definition) is 0. The van der Waals surface area contributed by atoms with Crippen LogP contribution in [0.5, 0.6) is 0 Å². The first kappa shape index (κ1) is 37.6. The first-order chi connectivity index (χ1) is 10.8. The van der Waals surface area contributed by atoms with Crippen molar-refractivity contribution in [3.05, 3.63) is 80.8 Å². The van der Waals surface area contributed by atoms with E-state index in [-0.39, 0.29) is 17.4 Å². The van der Waals surface area contributed by atoms with Gasteiger partial charge in [-0.3, -0.25) is 0 Å². The summed E-state index contributed by atoms with van der Waals surface area (Å²) in [6.45, 7) is 25.1. The molecule has 1 aromatic carbocycles. The molecule has 0 aliphatic carbocycles. The van der Waals surface area contributed by atoms with E-state index in [2.05, 4.69) is 44.6 Å². The molecule has 2 radical (unpaired) electrons. The van der Waals surface area contributed by atoms with Crippen molar-refractivity contribution in [2.24, 2.45) is 0 Å². The third-order valence-electron chi connectivity index (χ3n) is 1.33. The van der Waals surface area contributed by atoms with Crippen LogP contribution >= 0.6 is 11.6 Å². The van der Waals surface area contributed by atoms with Gasteiger partial charge in [0.1, 0.15) is 0 Å². The van der Waals surface area contributed by atoms with Gasteiger partial charge in [-0.05, 0) is 23.8 Å². The van der Waals surface area contributed by atoms with Crippen molar-refractivity contribution in [1.29, 1.82) is 0 Å². The molecule has 0 saturated carbocycles. The van der Waals surface area contributed by atoms with Crippen LogP contribution in [0.2, 0.25) is 5.02 Å². The zero-order valence-electron chi connectivity index (χ0n) is 11.7. The molecule has 23 heavy (non-hydrogen) atoms. The van der Waals surface area contributed by atoms with Crippen molar-refractivity contribution >= 4 is 17.7 Å². The van der Waals surface area contributed by atoms with Crippen LogP contribution in [0.3, 0.4) is 0 Å². The van der Waals surface area contributed by atoms with Gasteiger partial charge in [0.2, 0.25) is 0 Å². The molecule has 0 aliphatic rings. The first-order valence-electron chi connectivity index (χ1n) is 4.55. The van der Waals surface area contributed by atoms with Crippen LogP contribution in [0.15, 0.2) is 30.3 Å². The molecular weight excluding hydrogens is 364 g/mol. The average molecular weight is 373 g/mol. The largest absolute Gasteiger partial charge is 0 e. The molecule has 118 valence electrons. The molecule has 0 aliphatic heterocycles. The Balaban J connectivity index is -0.0000000565. The molecule has 0 amide bonds. The first-order valence-corrected chi connectivity index (χ1v) is 4.93. The minimum Gasteiger partial charge on any atom is 0 e. The van der Waals surface area contributed by atoms with Crippen LogP contribution in [-0.2, 0) is 45.4 Å². The summed E-state index contributed by atoms with van der Waals surface area (Å²) in [5.74, 6) is 0. The Labute approximate surface area is 151 Å². The SMILES string of the molecule is CO[C]/C=C/c1ccc(Cl)cc1.[C-]#[O+].[C-]#[O+].[C-]#[O+].[C-]#[O+].[C-]#[O+].[Cr]. The molecule has 8 heteroatoms. The zero-order valence-corrected chi connectivity index (χ0v) is 13.7. The summed E-state index contributed by atoms with van der Waals surface area (Å²) in [7, 11) is 1.56. The van der Waals surface area contributed by atoms with Crippen molar-refractivity contribution in [3.8, 4) is 0 Å². The van der Waals surface area contributed by atoms with Crippen LogP contribution in [0.25, 0.3) is 6.08 Å². The maximum absolute atomic E-state index is 7.50. The van der Waals surface area contributed by atoms with E-state index < -0.39 is 0 Å². The van der Waals surface area contributed by atoms with Crippen LogP contribution in [-0.4, -0.2) is 7.11 Å². The van der Waals surface area contributed by atoms with E-state index in [1.54, 1.807) is 13.2 Å². The predicted molar refractivity (Wildman–Crippen MR) is 70.4 cm³/mol. The maximum atomic E-state index is 7.50. The standard InChI is InChI=1S/C10H9ClO.5CO.Cr/c1-12-8-2-3-9-4-6-10(11)7-5-9;5*1-2;/h2-7H,1H3;;;;;;/b3-2+;;;;;;. The number of methoxy groups -OCH3 is 1. The van der Waals surface area contributed by atoms with Gasteiger partial charge in [0.15, 0.2) is 6.61 Å². The molecule has 0 fully saturated rings. The quantitative estimate of drug-likeness (QED) is 0.590. The Morgan fingerprint density at radius 3 is 1.52 bits per heavy atom. The summed E-state index contributed by atoms with van der Waals surface area (Å²) < 4.78 is 42.1. The molecule has 1 rings (SSSR count). The molecule has 0 unspecified atom stereocenters. The van der Waals surface area contributed by atoms with E-state index >= 15 is 0 Å². The molecule has 0 atom stereocenters. The molecular formula is C15H9ClCrO6. The second-order valence-electron chi connectivity index (χ2n) is 2.21.